The van der Waals surface area contributed by atoms with Crippen LogP contribution in [-0.4, -0.2) is 11.0 Å². The average molecular weight is 541 g/mol. The molecule has 0 fully saturated rings. The lowest BCUT2D eigenvalue weighted by Gasteiger charge is -2.29. The van der Waals surface area contributed by atoms with Crippen LogP contribution in [0, 0.1) is 11.6 Å². The summed E-state index contributed by atoms with van der Waals surface area (Å²) in [6.45, 7) is 0. The third-order valence-electron chi connectivity index (χ3n) is 7.58. The van der Waals surface area contributed by atoms with Gasteiger partial charge in [-0.2, -0.15) is 0 Å². The van der Waals surface area contributed by atoms with E-state index in [1.165, 1.54) is 24.3 Å². The van der Waals surface area contributed by atoms with Crippen molar-refractivity contribution in [1.29, 1.82) is 0 Å². The van der Waals surface area contributed by atoms with Crippen LogP contribution in [0.2, 0.25) is 0 Å². The van der Waals surface area contributed by atoms with Crippen LogP contribution in [-0.2, 0) is 9.09 Å². The second-order valence-corrected chi connectivity index (χ2v) is 11.3. The highest BCUT2D eigenvalue weighted by Crippen LogP contribution is 2.55. The number of phosphoric acid groups is 1. The van der Waals surface area contributed by atoms with E-state index < -0.39 is 19.8 Å². The summed E-state index contributed by atoms with van der Waals surface area (Å²) in [5.74, 6) is -1.01. The highest BCUT2D eigenvalue weighted by Gasteiger charge is 2.43. The van der Waals surface area contributed by atoms with Gasteiger partial charge in [-0.3, -0.25) is 9.42 Å². The topological polar surface area (TPSA) is 55.8 Å². The number of phosphoric ester groups is 1. The largest absolute Gasteiger partial charge is 0.528 e. The zero-order valence-corrected chi connectivity index (χ0v) is 21.6. The van der Waals surface area contributed by atoms with Crippen LogP contribution < -0.4 is 25.4 Å². The van der Waals surface area contributed by atoms with Crippen LogP contribution in [0.3, 0.4) is 0 Å². The van der Waals surface area contributed by atoms with E-state index in [0.717, 1.165) is 44.9 Å². The molecule has 1 unspecified atom stereocenters. The van der Waals surface area contributed by atoms with Crippen molar-refractivity contribution in [2.75, 3.05) is 0 Å². The van der Waals surface area contributed by atoms with Crippen molar-refractivity contribution in [1.82, 2.24) is 0 Å². The third kappa shape index (κ3) is 4.16. The van der Waals surface area contributed by atoms with Crippen LogP contribution in [0.25, 0.3) is 34.9 Å². The first-order valence-corrected chi connectivity index (χ1v) is 14.3. The summed E-state index contributed by atoms with van der Waals surface area (Å²) in [6.07, 6.45) is 7.03. The summed E-state index contributed by atoms with van der Waals surface area (Å²) in [5, 5.41) is 3.67. The van der Waals surface area contributed by atoms with Gasteiger partial charge in [0.05, 0.1) is 0 Å². The summed E-state index contributed by atoms with van der Waals surface area (Å²) < 4.78 is 53.1. The molecular formula is C32H23F2O4P. The fourth-order valence-electron chi connectivity index (χ4n) is 5.89. The molecule has 0 saturated carbocycles. The molecule has 0 aromatic heterocycles. The minimum Gasteiger partial charge on any atom is -0.403 e. The Morgan fingerprint density at radius 1 is 0.846 bits per heavy atom. The number of benzene rings is 4. The molecular weight excluding hydrogens is 517 g/mol. The maximum atomic E-state index is 13.8. The quantitative estimate of drug-likeness (QED) is 0.377. The average Bonchev–Trinajstić information content (AvgIpc) is 3.06. The van der Waals surface area contributed by atoms with E-state index in [1.54, 1.807) is 24.3 Å². The maximum absolute atomic E-state index is 13.8. The molecule has 0 bridgehead atoms. The number of hydrogen-bond acceptors (Lipinski definition) is 3. The summed E-state index contributed by atoms with van der Waals surface area (Å²) in [6, 6.07) is 21.8. The number of halogens is 2. The van der Waals surface area contributed by atoms with Gasteiger partial charge in [0.25, 0.3) is 0 Å². The third-order valence-corrected chi connectivity index (χ3v) is 8.49. The van der Waals surface area contributed by atoms with Crippen LogP contribution in [0.15, 0.2) is 78.9 Å². The Labute approximate surface area is 223 Å². The summed E-state index contributed by atoms with van der Waals surface area (Å²) in [7, 11) is -4.64. The number of hydrogen-bond donors (Lipinski definition) is 1. The molecule has 2 aliphatic carbocycles. The molecule has 0 spiro atoms. The molecule has 3 aliphatic rings. The van der Waals surface area contributed by atoms with Crippen LogP contribution in [0.4, 0.5) is 8.78 Å². The molecule has 39 heavy (non-hydrogen) atoms. The molecule has 1 heterocycles. The van der Waals surface area contributed by atoms with Crippen molar-refractivity contribution >= 4 is 31.6 Å². The Morgan fingerprint density at radius 3 is 2.31 bits per heavy atom. The highest BCUT2D eigenvalue weighted by atomic mass is 31.2. The lowest BCUT2D eigenvalue weighted by molar-refractivity contribution is 0.170. The van der Waals surface area contributed by atoms with Gasteiger partial charge < -0.3 is 4.52 Å². The Morgan fingerprint density at radius 2 is 1.54 bits per heavy atom. The van der Waals surface area contributed by atoms with Crippen molar-refractivity contribution in [3.8, 4) is 16.9 Å². The standard InChI is InChI=1S/C32H23F2O4P/c33-23-13-9-19(10-14-23)27-17-21-5-1-3-7-25(21)29-30-26-8-4-2-6-22(26)18-28(20-11-15-24(34)16-12-20)32(30)38-39(35,36)37-31(27)29/h1,3,5-18,27,31H,2,4H2,(H,35,36)/t27-,31+/m1/s1. The van der Waals surface area contributed by atoms with Crippen LogP contribution in [0.5, 0.6) is 5.75 Å². The molecule has 4 aromatic rings. The fraction of sp³-hybridized carbons (Fsp3) is 0.125. The molecule has 1 aliphatic heterocycles. The molecule has 194 valence electrons. The van der Waals surface area contributed by atoms with Crippen LogP contribution >= 0.6 is 7.82 Å². The van der Waals surface area contributed by atoms with Crippen molar-refractivity contribution < 1.29 is 27.3 Å². The normalized spacial score (nSPS) is 22.9. The van der Waals surface area contributed by atoms with Crippen molar-refractivity contribution in [2.24, 2.45) is 0 Å². The van der Waals surface area contributed by atoms with E-state index in [0.29, 0.717) is 16.7 Å². The summed E-state index contributed by atoms with van der Waals surface area (Å²) in [5.41, 5.74) is 3.39. The van der Waals surface area contributed by atoms with E-state index in [9.17, 15) is 18.2 Å². The van der Waals surface area contributed by atoms with E-state index >= 15 is 0 Å². The van der Waals surface area contributed by atoms with Gasteiger partial charge in [0.2, 0.25) is 0 Å². The first-order valence-electron chi connectivity index (χ1n) is 12.8. The summed E-state index contributed by atoms with van der Waals surface area (Å²) >= 11 is 0. The van der Waals surface area contributed by atoms with Gasteiger partial charge in [0.15, 0.2) is 0 Å². The van der Waals surface area contributed by atoms with Gasteiger partial charge in [-0.15, -0.1) is 0 Å². The molecule has 0 amide bonds. The molecule has 1 N–H and O–H groups in total. The van der Waals surface area contributed by atoms with Crippen molar-refractivity contribution in [3.05, 3.63) is 122 Å². The second kappa shape index (κ2) is 9.13. The number of rotatable bonds is 2. The zero-order valence-electron chi connectivity index (χ0n) is 20.7. The molecule has 7 rings (SSSR count). The highest BCUT2D eigenvalue weighted by molar-refractivity contribution is 7.47. The predicted molar refractivity (Wildman–Crippen MR) is 146 cm³/mol. The fourth-order valence-corrected chi connectivity index (χ4v) is 6.88. The number of fused-ring (bicyclic) bond motifs is 6. The van der Waals surface area contributed by atoms with E-state index in [1.807, 2.05) is 36.4 Å². The first-order chi connectivity index (χ1) is 18.9. The maximum Gasteiger partial charge on any atom is 0.528 e. The minimum absolute atomic E-state index is 0.227. The van der Waals surface area contributed by atoms with Gasteiger partial charge in [-0.1, -0.05) is 66.8 Å². The smallest absolute Gasteiger partial charge is 0.403 e. The summed E-state index contributed by atoms with van der Waals surface area (Å²) in [4.78, 5) is 11.1. The Kier molecular flexibility index (Phi) is 5.67. The van der Waals surface area contributed by atoms with Gasteiger partial charge in [0.1, 0.15) is 23.5 Å². The molecule has 3 atom stereocenters. The SMILES string of the molecule is O=P1(O)Oc2c(-c3ccc(F)cc3)cc3c(c2C2=c4ccccc4=C[C@H](c4ccc(F)cc4)[C@@H]2O1)=CCCC=3. The van der Waals surface area contributed by atoms with Crippen molar-refractivity contribution in [2.45, 2.75) is 24.9 Å². The van der Waals surface area contributed by atoms with Crippen molar-refractivity contribution in [3.63, 3.8) is 0 Å². The lowest BCUT2D eigenvalue weighted by Crippen LogP contribution is -2.42. The lowest BCUT2D eigenvalue weighted by atomic mass is 9.79. The molecule has 4 nitrogen and oxygen atoms in total. The van der Waals surface area contributed by atoms with Gasteiger partial charge in [-0.25, -0.2) is 13.3 Å². The Bertz CT molecular complexity index is 1930. The molecule has 7 heteroatoms. The monoisotopic (exact) mass is 540 g/mol. The van der Waals surface area contributed by atoms with Gasteiger partial charge in [0, 0.05) is 22.6 Å². The van der Waals surface area contributed by atoms with E-state index in [4.69, 9.17) is 9.05 Å². The van der Waals surface area contributed by atoms with Gasteiger partial charge >= 0.3 is 7.82 Å². The first kappa shape index (κ1) is 24.2. The van der Waals surface area contributed by atoms with E-state index in [2.05, 4.69) is 12.2 Å². The predicted octanol–water partition coefficient (Wildman–Crippen LogP) is 4.64. The Balaban J connectivity index is 1.63. The van der Waals surface area contributed by atoms with E-state index in [-0.39, 0.29) is 17.4 Å². The minimum atomic E-state index is -4.64. The van der Waals surface area contributed by atoms with Crippen LogP contribution in [0.1, 0.15) is 29.9 Å². The molecule has 4 aromatic carbocycles. The van der Waals surface area contributed by atoms with Gasteiger partial charge in [-0.05, 0) is 75.2 Å². The Hall–Kier alpha value is -3.83. The zero-order chi connectivity index (χ0) is 26.7. The molecule has 0 saturated heterocycles. The molecule has 0 radical (unpaired) electrons. The second-order valence-electron chi connectivity index (χ2n) is 9.95.